The van der Waals surface area contributed by atoms with Crippen molar-refractivity contribution in [2.45, 2.75) is 12.8 Å². The van der Waals surface area contributed by atoms with Gasteiger partial charge in [0.25, 0.3) is 0 Å². The summed E-state index contributed by atoms with van der Waals surface area (Å²) in [6.07, 6.45) is 0. The van der Waals surface area contributed by atoms with Crippen LogP contribution in [0, 0.1) is 12.7 Å². The molecule has 0 atom stereocenters. The summed E-state index contributed by atoms with van der Waals surface area (Å²) in [4.78, 5) is 0. The predicted molar refractivity (Wildman–Crippen MR) is 56.1 cm³/mol. The number of benzene rings is 1. The number of alkyl halides is 1. The average Bonchev–Trinajstić information content (AvgIpc) is 2.49. The molecule has 0 saturated heterocycles. The SMILES string of the molecule is Cc1c(CCl)ccc2scc(F)c12. The fourth-order valence-electron chi connectivity index (χ4n) is 1.44. The van der Waals surface area contributed by atoms with Crippen LogP contribution in [0.3, 0.4) is 0 Å². The molecular weight excluding hydrogens is 207 g/mol. The van der Waals surface area contributed by atoms with Gasteiger partial charge in [-0.2, -0.15) is 0 Å². The van der Waals surface area contributed by atoms with Crippen LogP contribution < -0.4 is 0 Å². The average molecular weight is 215 g/mol. The van der Waals surface area contributed by atoms with Crippen molar-refractivity contribution in [3.63, 3.8) is 0 Å². The van der Waals surface area contributed by atoms with Crippen LogP contribution in [0.2, 0.25) is 0 Å². The van der Waals surface area contributed by atoms with E-state index in [1.807, 2.05) is 19.1 Å². The van der Waals surface area contributed by atoms with Crippen molar-refractivity contribution in [2.75, 3.05) is 0 Å². The predicted octanol–water partition coefficient (Wildman–Crippen LogP) is 4.09. The monoisotopic (exact) mass is 214 g/mol. The number of hydrogen-bond donors (Lipinski definition) is 0. The second-order valence-corrected chi connectivity index (χ2v) is 4.12. The van der Waals surface area contributed by atoms with E-state index in [0.29, 0.717) is 5.88 Å². The fraction of sp³-hybridized carbons (Fsp3) is 0.200. The number of rotatable bonds is 1. The van der Waals surface area contributed by atoms with Gasteiger partial charge in [0, 0.05) is 21.3 Å². The Morgan fingerprint density at radius 2 is 2.23 bits per heavy atom. The summed E-state index contributed by atoms with van der Waals surface area (Å²) < 4.78 is 14.3. The second kappa shape index (κ2) is 3.28. The van der Waals surface area contributed by atoms with Gasteiger partial charge in [0.1, 0.15) is 5.82 Å². The van der Waals surface area contributed by atoms with E-state index in [2.05, 4.69) is 0 Å². The molecular formula is C10H8ClFS. The highest BCUT2D eigenvalue weighted by molar-refractivity contribution is 7.17. The second-order valence-electron chi connectivity index (χ2n) is 2.94. The van der Waals surface area contributed by atoms with Gasteiger partial charge in [-0.3, -0.25) is 0 Å². The first-order valence-corrected chi connectivity index (χ1v) is 5.36. The summed E-state index contributed by atoms with van der Waals surface area (Å²) in [5, 5.41) is 2.26. The first-order chi connectivity index (χ1) is 6.24. The summed E-state index contributed by atoms with van der Waals surface area (Å²) in [7, 11) is 0. The van der Waals surface area contributed by atoms with Gasteiger partial charge in [-0.25, -0.2) is 4.39 Å². The van der Waals surface area contributed by atoms with E-state index < -0.39 is 0 Å². The third-order valence-electron chi connectivity index (χ3n) is 2.21. The smallest absolute Gasteiger partial charge is 0.142 e. The Morgan fingerprint density at radius 1 is 1.46 bits per heavy atom. The van der Waals surface area contributed by atoms with Gasteiger partial charge in [0.05, 0.1) is 0 Å². The zero-order valence-corrected chi connectivity index (χ0v) is 8.68. The molecule has 13 heavy (non-hydrogen) atoms. The number of thiophene rings is 1. The maximum atomic E-state index is 13.3. The molecule has 0 spiro atoms. The Balaban J connectivity index is 2.83. The highest BCUT2D eigenvalue weighted by atomic mass is 35.5. The van der Waals surface area contributed by atoms with Crippen molar-refractivity contribution in [2.24, 2.45) is 0 Å². The van der Waals surface area contributed by atoms with Crippen LogP contribution in [0.5, 0.6) is 0 Å². The molecule has 0 unspecified atom stereocenters. The minimum atomic E-state index is -0.135. The Morgan fingerprint density at radius 3 is 2.92 bits per heavy atom. The minimum Gasteiger partial charge on any atom is -0.205 e. The van der Waals surface area contributed by atoms with Crippen molar-refractivity contribution in [1.29, 1.82) is 0 Å². The lowest BCUT2D eigenvalue weighted by molar-refractivity contribution is 0.643. The molecule has 3 heteroatoms. The lowest BCUT2D eigenvalue weighted by Crippen LogP contribution is -1.85. The van der Waals surface area contributed by atoms with E-state index in [1.54, 1.807) is 0 Å². The van der Waals surface area contributed by atoms with Crippen LogP contribution in [0.4, 0.5) is 4.39 Å². The van der Waals surface area contributed by atoms with Crippen LogP contribution in [-0.2, 0) is 5.88 Å². The first kappa shape index (κ1) is 8.97. The van der Waals surface area contributed by atoms with Crippen molar-refractivity contribution in [3.05, 3.63) is 34.5 Å². The van der Waals surface area contributed by atoms with Crippen LogP contribution in [0.1, 0.15) is 11.1 Å². The normalized spacial score (nSPS) is 11.0. The maximum absolute atomic E-state index is 13.3. The molecule has 0 amide bonds. The molecule has 2 aromatic rings. The number of aryl methyl sites for hydroxylation is 1. The van der Waals surface area contributed by atoms with Crippen LogP contribution in [-0.4, -0.2) is 0 Å². The maximum Gasteiger partial charge on any atom is 0.142 e. The van der Waals surface area contributed by atoms with Crippen molar-refractivity contribution < 1.29 is 4.39 Å². The van der Waals surface area contributed by atoms with Gasteiger partial charge in [0.2, 0.25) is 0 Å². The molecule has 0 nitrogen and oxygen atoms in total. The van der Waals surface area contributed by atoms with Crippen molar-refractivity contribution in [1.82, 2.24) is 0 Å². The number of fused-ring (bicyclic) bond motifs is 1. The summed E-state index contributed by atoms with van der Waals surface area (Å²) >= 11 is 7.16. The van der Waals surface area contributed by atoms with Gasteiger partial charge in [-0.15, -0.1) is 22.9 Å². The highest BCUT2D eigenvalue weighted by Gasteiger charge is 2.08. The van der Waals surface area contributed by atoms with Crippen molar-refractivity contribution >= 4 is 33.0 Å². The quantitative estimate of drug-likeness (QED) is 0.628. The van der Waals surface area contributed by atoms with Gasteiger partial charge in [-0.05, 0) is 24.1 Å². The third-order valence-corrected chi connectivity index (χ3v) is 3.42. The lowest BCUT2D eigenvalue weighted by Gasteiger charge is -2.02. The molecule has 0 radical (unpaired) electrons. The van der Waals surface area contributed by atoms with Gasteiger partial charge < -0.3 is 0 Å². The van der Waals surface area contributed by atoms with Gasteiger partial charge in [-0.1, -0.05) is 6.07 Å². The molecule has 0 bridgehead atoms. The Hall–Kier alpha value is -0.600. The summed E-state index contributed by atoms with van der Waals surface area (Å²) in [6, 6.07) is 3.88. The molecule has 1 heterocycles. The molecule has 0 N–H and O–H groups in total. The van der Waals surface area contributed by atoms with Crippen LogP contribution in [0.15, 0.2) is 17.5 Å². The molecule has 0 aliphatic heterocycles. The lowest BCUT2D eigenvalue weighted by atomic mass is 10.1. The highest BCUT2D eigenvalue weighted by Crippen LogP contribution is 2.30. The summed E-state index contributed by atoms with van der Waals surface area (Å²) in [6.45, 7) is 1.91. The van der Waals surface area contributed by atoms with E-state index in [-0.39, 0.29) is 5.82 Å². The van der Waals surface area contributed by atoms with Gasteiger partial charge in [0.15, 0.2) is 0 Å². The van der Waals surface area contributed by atoms with E-state index >= 15 is 0 Å². The largest absolute Gasteiger partial charge is 0.205 e. The number of halogens is 2. The molecule has 1 aromatic carbocycles. The molecule has 0 aliphatic carbocycles. The van der Waals surface area contributed by atoms with E-state index in [1.165, 1.54) is 16.7 Å². The van der Waals surface area contributed by atoms with Crippen LogP contribution >= 0.6 is 22.9 Å². The van der Waals surface area contributed by atoms with Crippen LogP contribution in [0.25, 0.3) is 10.1 Å². The first-order valence-electron chi connectivity index (χ1n) is 3.95. The van der Waals surface area contributed by atoms with E-state index in [4.69, 9.17) is 11.6 Å². The molecule has 2 rings (SSSR count). The van der Waals surface area contributed by atoms with Crippen molar-refractivity contribution in [3.8, 4) is 0 Å². The molecule has 68 valence electrons. The summed E-state index contributed by atoms with van der Waals surface area (Å²) in [5.41, 5.74) is 1.97. The van der Waals surface area contributed by atoms with E-state index in [0.717, 1.165) is 21.2 Å². The van der Waals surface area contributed by atoms with Gasteiger partial charge >= 0.3 is 0 Å². The third kappa shape index (κ3) is 1.34. The Labute approximate surface area is 85.0 Å². The summed E-state index contributed by atoms with van der Waals surface area (Å²) in [5.74, 6) is 0.307. The molecule has 1 aromatic heterocycles. The standard InChI is InChI=1S/C10H8ClFS/c1-6-7(4-11)2-3-9-10(6)8(12)5-13-9/h2-3,5H,4H2,1H3. The molecule has 0 aliphatic rings. The fourth-order valence-corrected chi connectivity index (χ4v) is 2.60. The number of hydrogen-bond acceptors (Lipinski definition) is 1. The minimum absolute atomic E-state index is 0.135. The zero-order valence-electron chi connectivity index (χ0n) is 7.10. The molecule has 0 fully saturated rings. The zero-order chi connectivity index (χ0) is 9.42. The Bertz CT molecular complexity index is 447. The van der Waals surface area contributed by atoms with E-state index in [9.17, 15) is 4.39 Å². The Kier molecular flexibility index (Phi) is 2.26. The topological polar surface area (TPSA) is 0 Å². The molecule has 0 saturated carbocycles.